The summed E-state index contributed by atoms with van der Waals surface area (Å²) in [6.07, 6.45) is -0.249. The van der Waals surface area contributed by atoms with Crippen LogP contribution in [-0.2, 0) is 14.8 Å². The molecular formula is C20H26N2O3S. The molecule has 2 aromatic carbocycles. The van der Waals surface area contributed by atoms with Crippen LogP contribution in [0.25, 0.3) is 0 Å². The maximum absolute atomic E-state index is 13.0. The molecule has 0 spiro atoms. The molecule has 140 valence electrons. The summed E-state index contributed by atoms with van der Waals surface area (Å²) in [4.78, 5) is 2.38. The van der Waals surface area contributed by atoms with Crippen LogP contribution in [0.4, 0.5) is 5.69 Å². The molecule has 0 bridgehead atoms. The van der Waals surface area contributed by atoms with Crippen molar-refractivity contribution >= 4 is 15.7 Å². The third-order valence-electron chi connectivity index (χ3n) is 4.93. The first-order valence-corrected chi connectivity index (χ1v) is 10.2. The minimum atomic E-state index is -3.52. The van der Waals surface area contributed by atoms with Gasteiger partial charge in [-0.05, 0) is 54.8 Å². The van der Waals surface area contributed by atoms with Gasteiger partial charge in [0.2, 0.25) is 10.0 Å². The summed E-state index contributed by atoms with van der Waals surface area (Å²) in [5.41, 5.74) is 4.17. The molecule has 1 atom stereocenters. The second-order valence-electron chi connectivity index (χ2n) is 6.95. The second-order valence-corrected chi connectivity index (χ2v) is 8.89. The van der Waals surface area contributed by atoms with E-state index >= 15 is 0 Å². The quantitative estimate of drug-likeness (QED) is 0.825. The number of sulfonamides is 1. The Bertz CT molecular complexity index is 876. The van der Waals surface area contributed by atoms with Crippen molar-refractivity contribution in [2.24, 2.45) is 0 Å². The van der Waals surface area contributed by atoms with Gasteiger partial charge < -0.3 is 9.64 Å². The molecule has 2 aromatic rings. The molecule has 0 aromatic heterocycles. The third-order valence-corrected chi connectivity index (χ3v) is 6.79. The molecule has 6 heteroatoms. The summed E-state index contributed by atoms with van der Waals surface area (Å²) in [6.45, 7) is 5.01. The molecule has 0 N–H and O–H groups in total. The lowest BCUT2D eigenvalue weighted by molar-refractivity contribution is -0.00255. The van der Waals surface area contributed by atoms with Crippen molar-refractivity contribution in [2.45, 2.75) is 24.8 Å². The molecule has 1 unspecified atom stereocenters. The number of nitrogens with zero attached hydrogens (tertiary/aromatic N) is 2. The Kier molecular flexibility index (Phi) is 5.37. The van der Waals surface area contributed by atoms with Crippen LogP contribution in [0.5, 0.6) is 0 Å². The van der Waals surface area contributed by atoms with Gasteiger partial charge in [0.25, 0.3) is 0 Å². The van der Waals surface area contributed by atoms with Crippen LogP contribution in [0.1, 0.15) is 22.8 Å². The summed E-state index contributed by atoms with van der Waals surface area (Å²) in [7, 11) is 0.461. The first kappa shape index (κ1) is 18.9. The highest BCUT2D eigenvalue weighted by molar-refractivity contribution is 7.89. The fraction of sp³-hybridized carbons (Fsp3) is 0.400. The fourth-order valence-corrected chi connectivity index (χ4v) is 4.57. The SMILES string of the molecule is Cc1ccc(S(=O)(=O)N2CCOC(c3ccc(N(C)C)cc3)C2)cc1C. The zero-order chi connectivity index (χ0) is 18.9. The Morgan fingerprint density at radius 2 is 1.73 bits per heavy atom. The van der Waals surface area contributed by atoms with Crippen molar-refractivity contribution in [1.29, 1.82) is 0 Å². The van der Waals surface area contributed by atoms with Gasteiger partial charge >= 0.3 is 0 Å². The predicted molar refractivity (Wildman–Crippen MR) is 104 cm³/mol. The molecule has 26 heavy (non-hydrogen) atoms. The van der Waals surface area contributed by atoms with Crippen molar-refractivity contribution < 1.29 is 13.2 Å². The standard InChI is InChI=1S/C20H26N2O3S/c1-15-5-10-19(13-16(15)2)26(23,24)22-11-12-25-20(14-22)17-6-8-18(9-7-17)21(3)4/h5-10,13,20H,11-12,14H2,1-4H3. The highest BCUT2D eigenvalue weighted by Gasteiger charge is 2.31. The lowest BCUT2D eigenvalue weighted by Gasteiger charge is -2.32. The van der Waals surface area contributed by atoms with Crippen LogP contribution < -0.4 is 4.90 Å². The molecular weight excluding hydrogens is 348 g/mol. The largest absolute Gasteiger partial charge is 0.378 e. The van der Waals surface area contributed by atoms with E-state index in [0.29, 0.717) is 24.6 Å². The average Bonchev–Trinajstić information content (AvgIpc) is 2.64. The molecule has 1 aliphatic heterocycles. The van der Waals surface area contributed by atoms with E-state index in [9.17, 15) is 8.42 Å². The molecule has 1 aliphatic rings. The molecule has 0 radical (unpaired) electrons. The molecule has 1 saturated heterocycles. The van der Waals surface area contributed by atoms with Gasteiger partial charge in [-0.3, -0.25) is 0 Å². The molecule has 1 heterocycles. The molecule has 1 fully saturated rings. The van der Waals surface area contributed by atoms with Crippen LogP contribution in [0, 0.1) is 13.8 Å². The van der Waals surface area contributed by atoms with Gasteiger partial charge in [0, 0.05) is 32.9 Å². The van der Waals surface area contributed by atoms with Gasteiger partial charge in [0.15, 0.2) is 0 Å². The van der Waals surface area contributed by atoms with E-state index in [1.54, 1.807) is 12.1 Å². The van der Waals surface area contributed by atoms with Gasteiger partial charge in [0.05, 0.1) is 17.6 Å². The normalized spacial score (nSPS) is 18.7. The van der Waals surface area contributed by atoms with Gasteiger partial charge in [-0.25, -0.2) is 8.42 Å². The minimum absolute atomic E-state index is 0.249. The monoisotopic (exact) mass is 374 g/mol. The summed E-state index contributed by atoms with van der Waals surface area (Å²) >= 11 is 0. The first-order chi connectivity index (χ1) is 12.3. The summed E-state index contributed by atoms with van der Waals surface area (Å²) in [5, 5.41) is 0. The van der Waals surface area contributed by atoms with Crippen molar-refractivity contribution in [3.8, 4) is 0 Å². The smallest absolute Gasteiger partial charge is 0.243 e. The van der Waals surface area contributed by atoms with Gasteiger partial charge in [0.1, 0.15) is 0 Å². The molecule has 3 rings (SSSR count). The Labute approximate surface area is 156 Å². The minimum Gasteiger partial charge on any atom is -0.378 e. The Hall–Kier alpha value is -1.89. The maximum atomic E-state index is 13.0. The highest BCUT2D eigenvalue weighted by atomic mass is 32.2. The number of aryl methyl sites for hydroxylation is 2. The van der Waals surface area contributed by atoms with Gasteiger partial charge in [-0.15, -0.1) is 0 Å². The summed E-state index contributed by atoms with van der Waals surface area (Å²) in [5.74, 6) is 0. The number of hydrogen-bond acceptors (Lipinski definition) is 4. The van der Waals surface area contributed by atoms with Crippen LogP contribution in [-0.4, -0.2) is 46.5 Å². The Morgan fingerprint density at radius 1 is 1.04 bits per heavy atom. The maximum Gasteiger partial charge on any atom is 0.243 e. The summed E-state index contributed by atoms with van der Waals surface area (Å²) in [6, 6.07) is 13.4. The number of morpholine rings is 1. The van der Waals surface area contributed by atoms with E-state index in [2.05, 4.69) is 0 Å². The van der Waals surface area contributed by atoms with E-state index < -0.39 is 10.0 Å². The Morgan fingerprint density at radius 3 is 2.35 bits per heavy atom. The topological polar surface area (TPSA) is 49.9 Å². The van der Waals surface area contributed by atoms with Crippen molar-refractivity contribution in [3.05, 3.63) is 59.2 Å². The van der Waals surface area contributed by atoms with Crippen LogP contribution in [0.15, 0.2) is 47.4 Å². The molecule has 0 saturated carbocycles. The van der Waals surface area contributed by atoms with Gasteiger partial charge in [-0.1, -0.05) is 18.2 Å². The fourth-order valence-electron chi connectivity index (χ4n) is 3.06. The van der Waals surface area contributed by atoms with Crippen molar-refractivity contribution in [1.82, 2.24) is 4.31 Å². The highest BCUT2D eigenvalue weighted by Crippen LogP contribution is 2.28. The van der Waals surface area contributed by atoms with Gasteiger partial charge in [-0.2, -0.15) is 4.31 Å². The van der Waals surface area contributed by atoms with E-state index in [4.69, 9.17) is 4.74 Å². The molecule has 0 amide bonds. The van der Waals surface area contributed by atoms with E-state index in [-0.39, 0.29) is 6.10 Å². The number of anilines is 1. The number of benzene rings is 2. The summed E-state index contributed by atoms with van der Waals surface area (Å²) < 4.78 is 33.5. The molecule has 0 aliphatic carbocycles. The van der Waals surface area contributed by atoms with Crippen LogP contribution in [0.3, 0.4) is 0 Å². The lowest BCUT2D eigenvalue weighted by atomic mass is 10.1. The number of rotatable bonds is 4. The van der Waals surface area contributed by atoms with E-state index in [1.165, 1.54) is 4.31 Å². The van der Waals surface area contributed by atoms with Crippen LogP contribution >= 0.6 is 0 Å². The second kappa shape index (κ2) is 7.39. The Balaban J connectivity index is 1.82. The van der Waals surface area contributed by atoms with E-state index in [1.807, 2.05) is 63.2 Å². The zero-order valence-corrected chi connectivity index (χ0v) is 16.6. The van der Waals surface area contributed by atoms with Crippen molar-refractivity contribution in [2.75, 3.05) is 38.7 Å². The average molecular weight is 375 g/mol. The predicted octanol–water partition coefficient (Wildman–Crippen LogP) is 3.13. The number of ether oxygens (including phenoxy) is 1. The van der Waals surface area contributed by atoms with Crippen molar-refractivity contribution in [3.63, 3.8) is 0 Å². The first-order valence-electron chi connectivity index (χ1n) is 8.75. The lowest BCUT2D eigenvalue weighted by Crippen LogP contribution is -2.42. The number of hydrogen-bond donors (Lipinski definition) is 0. The third kappa shape index (κ3) is 3.77. The van der Waals surface area contributed by atoms with E-state index in [0.717, 1.165) is 22.4 Å². The molecule has 5 nitrogen and oxygen atoms in total. The van der Waals surface area contributed by atoms with Crippen LogP contribution in [0.2, 0.25) is 0 Å². The zero-order valence-electron chi connectivity index (χ0n) is 15.8.